The molecule has 4 heteroatoms. The molecular weight excluding hydrogens is 142 g/mol. The van der Waals surface area contributed by atoms with Crippen LogP contribution in [-0.4, -0.2) is 26.7 Å². The minimum absolute atomic E-state index is 0.681. The van der Waals surface area contributed by atoms with E-state index in [1.54, 1.807) is 7.05 Å². The molecule has 0 bridgehead atoms. The van der Waals surface area contributed by atoms with Crippen molar-refractivity contribution in [2.24, 2.45) is 5.16 Å². The van der Waals surface area contributed by atoms with E-state index in [2.05, 4.69) is 27.6 Å². The first-order chi connectivity index (χ1) is 5.35. The number of nitrogens with one attached hydrogen (secondary N) is 2. The van der Waals surface area contributed by atoms with Gasteiger partial charge in [0.15, 0.2) is 0 Å². The fraction of sp³-hybridized carbons (Fsp3) is 0.857. The van der Waals surface area contributed by atoms with E-state index in [0.717, 1.165) is 13.0 Å². The van der Waals surface area contributed by atoms with Gasteiger partial charge in [0.2, 0.25) is 5.96 Å². The first kappa shape index (κ1) is 10.1. The molecule has 0 aliphatic rings. The summed E-state index contributed by atoms with van der Waals surface area (Å²) < 4.78 is 0. The normalized spacial score (nSPS) is 11.0. The summed E-state index contributed by atoms with van der Waals surface area (Å²) >= 11 is 0. The van der Waals surface area contributed by atoms with Crippen LogP contribution in [0.1, 0.15) is 19.8 Å². The Kier molecular flexibility index (Phi) is 6.57. The van der Waals surface area contributed by atoms with Crippen LogP contribution >= 0.6 is 0 Å². The molecule has 0 spiro atoms. The molecule has 0 amide bonds. The molecule has 0 saturated heterocycles. The number of unbranched alkanes of at least 4 members (excludes halogenated alkanes) is 1. The van der Waals surface area contributed by atoms with Gasteiger partial charge in [0.25, 0.3) is 0 Å². The zero-order valence-corrected chi connectivity index (χ0v) is 7.48. The lowest BCUT2D eigenvalue weighted by molar-refractivity contribution is 0.210. The van der Waals surface area contributed by atoms with Crippen molar-refractivity contribution in [1.29, 1.82) is 0 Å². The summed E-state index contributed by atoms with van der Waals surface area (Å²) in [6.07, 6.45) is 2.32. The standard InChI is InChI=1S/C7H17N3O/c1-4-5-6-9-7(8-2)10-11-3/h4-6H2,1-3H3,(H2,8,9,10). The van der Waals surface area contributed by atoms with E-state index >= 15 is 0 Å². The number of guanidine groups is 1. The molecule has 66 valence electrons. The molecule has 4 nitrogen and oxygen atoms in total. The minimum atomic E-state index is 0.681. The molecule has 0 aliphatic heterocycles. The van der Waals surface area contributed by atoms with Gasteiger partial charge in [-0.25, -0.2) is 0 Å². The van der Waals surface area contributed by atoms with E-state index in [9.17, 15) is 0 Å². The number of rotatable bonds is 4. The van der Waals surface area contributed by atoms with E-state index in [1.165, 1.54) is 13.5 Å². The Hall–Kier alpha value is -0.930. The van der Waals surface area contributed by atoms with Crippen LogP contribution in [0.25, 0.3) is 0 Å². The van der Waals surface area contributed by atoms with E-state index in [4.69, 9.17) is 0 Å². The predicted octanol–water partition coefficient (Wildman–Crippen LogP) is 0.513. The zero-order chi connectivity index (χ0) is 8.53. The van der Waals surface area contributed by atoms with E-state index in [0.29, 0.717) is 5.96 Å². The lowest BCUT2D eigenvalue weighted by Gasteiger charge is -2.06. The molecule has 0 aromatic carbocycles. The summed E-state index contributed by atoms with van der Waals surface area (Å²) in [6.45, 7) is 3.08. The van der Waals surface area contributed by atoms with Crippen molar-refractivity contribution in [3.8, 4) is 0 Å². The number of oxime groups is 1. The SMILES string of the molecule is CCCCN/C(=N/OC)NC. The van der Waals surface area contributed by atoms with Gasteiger partial charge in [0.05, 0.1) is 0 Å². The van der Waals surface area contributed by atoms with Gasteiger partial charge < -0.3 is 15.5 Å². The average Bonchev–Trinajstić information content (AvgIpc) is 2.03. The maximum Gasteiger partial charge on any atom is 0.233 e. The van der Waals surface area contributed by atoms with Gasteiger partial charge in [-0.1, -0.05) is 13.3 Å². The molecule has 2 N–H and O–H groups in total. The number of nitrogens with zero attached hydrogens (tertiary/aromatic N) is 1. The maximum absolute atomic E-state index is 4.59. The molecule has 0 aromatic heterocycles. The highest BCUT2D eigenvalue weighted by Crippen LogP contribution is 1.82. The summed E-state index contributed by atoms with van der Waals surface area (Å²) in [5, 5.41) is 9.67. The second-order valence-corrected chi connectivity index (χ2v) is 2.15. The fourth-order valence-corrected chi connectivity index (χ4v) is 0.641. The molecule has 0 atom stereocenters. The zero-order valence-electron chi connectivity index (χ0n) is 7.48. The van der Waals surface area contributed by atoms with E-state index in [-0.39, 0.29) is 0 Å². The summed E-state index contributed by atoms with van der Waals surface area (Å²) in [6, 6.07) is 0. The van der Waals surface area contributed by atoms with Crippen molar-refractivity contribution >= 4 is 5.96 Å². The first-order valence-electron chi connectivity index (χ1n) is 3.88. The Labute approximate surface area is 68.0 Å². The van der Waals surface area contributed by atoms with E-state index < -0.39 is 0 Å². The molecule has 0 heterocycles. The van der Waals surface area contributed by atoms with Gasteiger partial charge in [-0.3, -0.25) is 0 Å². The topological polar surface area (TPSA) is 45.7 Å². The minimum Gasteiger partial charge on any atom is -0.396 e. The molecule has 0 unspecified atom stereocenters. The number of hydrogen-bond acceptors (Lipinski definition) is 2. The van der Waals surface area contributed by atoms with Gasteiger partial charge in [-0.2, -0.15) is 0 Å². The molecule has 0 rings (SSSR count). The maximum atomic E-state index is 4.59. The van der Waals surface area contributed by atoms with Crippen molar-refractivity contribution in [3.05, 3.63) is 0 Å². The van der Waals surface area contributed by atoms with Crippen molar-refractivity contribution in [1.82, 2.24) is 10.6 Å². The van der Waals surface area contributed by atoms with Gasteiger partial charge in [-0.05, 0) is 11.6 Å². The Morgan fingerprint density at radius 2 is 2.27 bits per heavy atom. The second-order valence-electron chi connectivity index (χ2n) is 2.15. The Bertz CT molecular complexity index is 114. The third-order valence-electron chi connectivity index (χ3n) is 1.24. The first-order valence-corrected chi connectivity index (χ1v) is 3.88. The molecule has 0 saturated carbocycles. The Morgan fingerprint density at radius 1 is 1.55 bits per heavy atom. The van der Waals surface area contributed by atoms with Crippen LogP contribution in [0.5, 0.6) is 0 Å². The monoisotopic (exact) mass is 159 g/mol. The Morgan fingerprint density at radius 3 is 2.73 bits per heavy atom. The largest absolute Gasteiger partial charge is 0.396 e. The summed E-state index contributed by atoms with van der Waals surface area (Å²) in [5.74, 6) is 0.681. The van der Waals surface area contributed by atoms with Gasteiger partial charge in [-0.15, -0.1) is 0 Å². The Balaban J connectivity index is 3.44. The van der Waals surface area contributed by atoms with Crippen LogP contribution < -0.4 is 10.6 Å². The van der Waals surface area contributed by atoms with Crippen molar-refractivity contribution in [2.75, 3.05) is 20.7 Å². The molecule has 0 aliphatic carbocycles. The third-order valence-corrected chi connectivity index (χ3v) is 1.24. The van der Waals surface area contributed by atoms with Gasteiger partial charge >= 0.3 is 0 Å². The molecule has 11 heavy (non-hydrogen) atoms. The highest BCUT2D eigenvalue weighted by Gasteiger charge is 1.91. The second kappa shape index (κ2) is 7.18. The highest BCUT2D eigenvalue weighted by atomic mass is 16.6. The third kappa shape index (κ3) is 5.51. The summed E-state index contributed by atoms with van der Waals surface area (Å²) in [5.41, 5.74) is 0. The lowest BCUT2D eigenvalue weighted by Crippen LogP contribution is -2.35. The molecule has 0 aromatic rings. The van der Waals surface area contributed by atoms with Gasteiger partial charge in [0.1, 0.15) is 7.11 Å². The smallest absolute Gasteiger partial charge is 0.233 e. The predicted molar refractivity (Wildman–Crippen MR) is 46.4 cm³/mol. The molecule has 0 radical (unpaired) electrons. The van der Waals surface area contributed by atoms with Crippen molar-refractivity contribution < 1.29 is 4.84 Å². The molecule has 0 fully saturated rings. The fourth-order valence-electron chi connectivity index (χ4n) is 0.641. The lowest BCUT2D eigenvalue weighted by atomic mass is 10.3. The van der Waals surface area contributed by atoms with Crippen molar-refractivity contribution in [3.63, 3.8) is 0 Å². The van der Waals surface area contributed by atoms with Crippen LogP contribution in [0.2, 0.25) is 0 Å². The van der Waals surface area contributed by atoms with Crippen LogP contribution in [0, 0.1) is 0 Å². The molecular formula is C7H17N3O. The van der Waals surface area contributed by atoms with E-state index in [1.807, 2.05) is 0 Å². The van der Waals surface area contributed by atoms with Crippen LogP contribution in [0.3, 0.4) is 0 Å². The van der Waals surface area contributed by atoms with Gasteiger partial charge in [0, 0.05) is 13.6 Å². The summed E-state index contributed by atoms with van der Waals surface area (Å²) in [7, 11) is 3.33. The van der Waals surface area contributed by atoms with Crippen molar-refractivity contribution in [2.45, 2.75) is 19.8 Å². The summed E-state index contributed by atoms with van der Waals surface area (Å²) in [4.78, 5) is 4.59. The average molecular weight is 159 g/mol. The quantitative estimate of drug-likeness (QED) is 0.272. The number of hydrogen-bond donors (Lipinski definition) is 2. The van der Waals surface area contributed by atoms with Crippen LogP contribution in [0.4, 0.5) is 0 Å². The highest BCUT2D eigenvalue weighted by molar-refractivity contribution is 5.78. The van der Waals surface area contributed by atoms with Crippen LogP contribution in [-0.2, 0) is 4.84 Å². The van der Waals surface area contributed by atoms with Crippen LogP contribution in [0.15, 0.2) is 5.16 Å².